The van der Waals surface area contributed by atoms with E-state index in [1.807, 2.05) is 0 Å². The maximum atomic E-state index is 11.7. The molecule has 0 saturated carbocycles. The zero-order valence-corrected chi connectivity index (χ0v) is 13.2. The van der Waals surface area contributed by atoms with Crippen LogP contribution in [0, 0.1) is 0 Å². The first-order valence-electron chi connectivity index (χ1n) is 6.96. The highest BCUT2D eigenvalue weighted by molar-refractivity contribution is 7.99. The fourth-order valence-electron chi connectivity index (χ4n) is 1.66. The van der Waals surface area contributed by atoms with E-state index in [2.05, 4.69) is 31.0 Å². The predicted molar refractivity (Wildman–Crippen MR) is 87.6 cm³/mol. The number of hydrazone groups is 1. The molecule has 0 saturated heterocycles. The van der Waals surface area contributed by atoms with E-state index in [4.69, 9.17) is 8.83 Å². The number of carbonyl (C=O) groups is 1. The molecular formula is C14H14N6O3S. The zero-order chi connectivity index (χ0) is 16.6. The van der Waals surface area contributed by atoms with Gasteiger partial charge in [0.1, 0.15) is 11.5 Å². The molecule has 3 aromatic heterocycles. The van der Waals surface area contributed by atoms with Gasteiger partial charge in [-0.3, -0.25) is 4.79 Å². The van der Waals surface area contributed by atoms with Crippen molar-refractivity contribution < 1.29 is 13.6 Å². The van der Waals surface area contributed by atoms with Crippen LogP contribution in [-0.4, -0.2) is 33.1 Å². The van der Waals surface area contributed by atoms with E-state index in [-0.39, 0.29) is 11.7 Å². The van der Waals surface area contributed by atoms with Gasteiger partial charge in [-0.05, 0) is 24.3 Å². The molecule has 3 heterocycles. The van der Waals surface area contributed by atoms with Gasteiger partial charge in [-0.25, -0.2) is 10.5 Å². The second kappa shape index (κ2) is 8.02. The van der Waals surface area contributed by atoms with Crippen LogP contribution in [0.1, 0.15) is 11.5 Å². The van der Waals surface area contributed by atoms with Crippen molar-refractivity contribution in [2.24, 2.45) is 5.10 Å². The van der Waals surface area contributed by atoms with Crippen LogP contribution >= 0.6 is 11.8 Å². The van der Waals surface area contributed by atoms with Gasteiger partial charge in [0.2, 0.25) is 17.0 Å². The van der Waals surface area contributed by atoms with Crippen LogP contribution in [0.25, 0.3) is 0 Å². The van der Waals surface area contributed by atoms with E-state index >= 15 is 0 Å². The van der Waals surface area contributed by atoms with Gasteiger partial charge >= 0.3 is 0 Å². The van der Waals surface area contributed by atoms with Gasteiger partial charge in [-0.15, -0.1) is 5.10 Å². The summed E-state index contributed by atoms with van der Waals surface area (Å²) < 4.78 is 10.2. The second-order valence-electron chi connectivity index (χ2n) is 4.50. The van der Waals surface area contributed by atoms with Crippen molar-refractivity contribution in [3.63, 3.8) is 0 Å². The molecule has 3 rings (SSSR count). The van der Waals surface area contributed by atoms with Crippen LogP contribution < -0.4 is 10.7 Å². The molecule has 0 aliphatic rings. The Bertz CT molecular complexity index is 781. The van der Waals surface area contributed by atoms with E-state index in [0.29, 0.717) is 29.2 Å². The Labute approximate surface area is 140 Å². The van der Waals surface area contributed by atoms with Crippen molar-refractivity contribution in [2.45, 2.75) is 11.7 Å². The summed E-state index contributed by atoms with van der Waals surface area (Å²) in [6.07, 6.45) is 4.63. The number of furan rings is 2. The average molecular weight is 346 g/mol. The lowest BCUT2D eigenvalue weighted by atomic mass is 10.4. The normalized spacial score (nSPS) is 11.0. The third-order valence-corrected chi connectivity index (χ3v) is 3.59. The highest BCUT2D eigenvalue weighted by atomic mass is 32.2. The minimum absolute atomic E-state index is 0.133. The maximum absolute atomic E-state index is 11.7. The number of thioether (sulfide) groups is 1. The standard InChI is InChI=1S/C14H14N6O3S/c21-12(15-7-10-3-1-5-22-10)9-24-14-17-13(19-20-14)18-16-8-11-4-2-6-23-11/h1-6,8H,7,9H2,(H,15,21)(H2,17,18,19,20)/b16-8-. The zero-order valence-electron chi connectivity index (χ0n) is 12.4. The van der Waals surface area contributed by atoms with Gasteiger partial charge in [0.25, 0.3) is 0 Å². The first kappa shape index (κ1) is 15.9. The first-order chi connectivity index (χ1) is 11.8. The van der Waals surface area contributed by atoms with Crippen LogP contribution in [0.15, 0.2) is 55.9 Å². The highest BCUT2D eigenvalue weighted by Crippen LogP contribution is 2.13. The Kier molecular flexibility index (Phi) is 5.30. The Balaban J connectivity index is 1.40. The lowest BCUT2D eigenvalue weighted by molar-refractivity contribution is -0.118. The summed E-state index contributed by atoms with van der Waals surface area (Å²) in [6, 6.07) is 7.10. The summed E-state index contributed by atoms with van der Waals surface area (Å²) >= 11 is 1.21. The molecule has 124 valence electrons. The third kappa shape index (κ3) is 4.74. The number of anilines is 1. The number of aromatic nitrogens is 3. The van der Waals surface area contributed by atoms with Crippen molar-refractivity contribution in [2.75, 3.05) is 11.2 Å². The number of aromatic amines is 1. The minimum atomic E-state index is -0.133. The summed E-state index contributed by atoms with van der Waals surface area (Å²) in [5, 5.41) is 13.8. The Hall–Kier alpha value is -3.01. The minimum Gasteiger partial charge on any atom is -0.467 e. The molecule has 0 unspecified atom stereocenters. The molecule has 0 aliphatic carbocycles. The fourth-order valence-corrected chi connectivity index (χ4v) is 2.29. The van der Waals surface area contributed by atoms with E-state index in [0.717, 1.165) is 0 Å². The molecule has 3 aromatic rings. The van der Waals surface area contributed by atoms with Crippen molar-refractivity contribution >= 4 is 29.8 Å². The van der Waals surface area contributed by atoms with E-state index in [1.165, 1.54) is 18.0 Å². The van der Waals surface area contributed by atoms with Gasteiger partial charge in [0.15, 0.2) is 0 Å². The number of hydrogen-bond acceptors (Lipinski definition) is 8. The molecular weight excluding hydrogens is 332 g/mol. The van der Waals surface area contributed by atoms with E-state index in [1.54, 1.807) is 36.8 Å². The number of hydrogen-bond donors (Lipinski definition) is 3. The molecule has 0 fully saturated rings. The van der Waals surface area contributed by atoms with Crippen molar-refractivity contribution in [1.82, 2.24) is 20.5 Å². The van der Waals surface area contributed by atoms with Crippen LogP contribution in [0.3, 0.4) is 0 Å². The third-order valence-electron chi connectivity index (χ3n) is 2.74. The molecule has 0 atom stereocenters. The lowest BCUT2D eigenvalue weighted by Gasteiger charge is -2.01. The SMILES string of the molecule is O=C(CSc1n[nH]c(N/N=C\c2ccco2)n1)NCc1ccco1. The summed E-state index contributed by atoms with van der Waals surface area (Å²) in [4.78, 5) is 15.9. The number of nitrogens with zero attached hydrogens (tertiary/aromatic N) is 3. The van der Waals surface area contributed by atoms with Crippen LogP contribution in [0.5, 0.6) is 0 Å². The largest absolute Gasteiger partial charge is 0.467 e. The molecule has 10 heteroatoms. The van der Waals surface area contributed by atoms with Crippen LogP contribution in [0.2, 0.25) is 0 Å². The average Bonchev–Trinajstić information content (AvgIpc) is 3.33. The quantitative estimate of drug-likeness (QED) is 0.323. The predicted octanol–water partition coefficient (Wildman–Crippen LogP) is 1.85. The Morgan fingerprint density at radius 3 is 3.00 bits per heavy atom. The molecule has 9 nitrogen and oxygen atoms in total. The summed E-state index contributed by atoms with van der Waals surface area (Å²) in [5.41, 5.74) is 2.69. The van der Waals surface area contributed by atoms with Crippen molar-refractivity contribution in [1.29, 1.82) is 0 Å². The molecule has 0 radical (unpaired) electrons. The lowest BCUT2D eigenvalue weighted by Crippen LogP contribution is -2.24. The molecule has 1 amide bonds. The Morgan fingerprint density at radius 2 is 2.21 bits per heavy atom. The molecule has 0 bridgehead atoms. The number of H-pyrrole nitrogens is 1. The molecule has 3 N–H and O–H groups in total. The van der Waals surface area contributed by atoms with E-state index < -0.39 is 0 Å². The number of carbonyl (C=O) groups excluding carboxylic acids is 1. The van der Waals surface area contributed by atoms with Crippen molar-refractivity contribution in [3.05, 3.63) is 48.3 Å². The van der Waals surface area contributed by atoms with Gasteiger partial charge in [0, 0.05) is 0 Å². The van der Waals surface area contributed by atoms with Crippen molar-refractivity contribution in [3.8, 4) is 0 Å². The Morgan fingerprint density at radius 1 is 1.33 bits per heavy atom. The topological polar surface area (TPSA) is 121 Å². The highest BCUT2D eigenvalue weighted by Gasteiger charge is 2.08. The molecule has 0 spiro atoms. The summed E-state index contributed by atoms with van der Waals surface area (Å²) in [6.45, 7) is 0.356. The number of rotatable bonds is 8. The summed E-state index contributed by atoms with van der Waals surface area (Å²) in [7, 11) is 0. The molecule has 0 aromatic carbocycles. The molecule has 0 aliphatic heterocycles. The van der Waals surface area contributed by atoms with Crippen LogP contribution in [0.4, 0.5) is 5.95 Å². The monoisotopic (exact) mass is 346 g/mol. The molecule has 24 heavy (non-hydrogen) atoms. The number of amides is 1. The van der Waals surface area contributed by atoms with Crippen LogP contribution in [-0.2, 0) is 11.3 Å². The maximum Gasteiger partial charge on any atom is 0.240 e. The van der Waals surface area contributed by atoms with Gasteiger partial charge in [-0.2, -0.15) is 10.1 Å². The van der Waals surface area contributed by atoms with Gasteiger partial charge in [-0.1, -0.05) is 11.8 Å². The van der Waals surface area contributed by atoms with E-state index in [9.17, 15) is 4.79 Å². The van der Waals surface area contributed by atoms with Gasteiger partial charge in [0.05, 0.1) is 31.0 Å². The first-order valence-corrected chi connectivity index (χ1v) is 7.95. The summed E-state index contributed by atoms with van der Waals surface area (Å²) in [5.74, 6) is 1.76. The second-order valence-corrected chi connectivity index (χ2v) is 5.44. The fraction of sp³-hybridized carbons (Fsp3) is 0.143. The smallest absolute Gasteiger partial charge is 0.240 e. The number of nitrogens with one attached hydrogen (secondary N) is 3. The van der Waals surface area contributed by atoms with Gasteiger partial charge < -0.3 is 14.2 Å².